The van der Waals surface area contributed by atoms with Gasteiger partial charge in [0.2, 0.25) is 5.91 Å². The van der Waals surface area contributed by atoms with Gasteiger partial charge in [-0.3, -0.25) is 4.79 Å². The third kappa shape index (κ3) is 3.99. The SMILES string of the molecule is CCN(CC)C(=O)CCNCc1ncc(Cl)n1C. The highest BCUT2D eigenvalue weighted by Crippen LogP contribution is 2.08. The molecule has 5 nitrogen and oxygen atoms in total. The molecule has 0 bridgehead atoms. The van der Waals surface area contributed by atoms with Crippen molar-refractivity contribution in [3.8, 4) is 0 Å². The van der Waals surface area contributed by atoms with Crippen LogP contribution in [0.3, 0.4) is 0 Å². The van der Waals surface area contributed by atoms with E-state index in [0.717, 1.165) is 18.9 Å². The van der Waals surface area contributed by atoms with E-state index in [0.29, 0.717) is 24.7 Å². The monoisotopic (exact) mass is 272 g/mol. The van der Waals surface area contributed by atoms with Crippen molar-refractivity contribution in [3.63, 3.8) is 0 Å². The van der Waals surface area contributed by atoms with Crippen LogP contribution in [0.15, 0.2) is 6.20 Å². The van der Waals surface area contributed by atoms with Gasteiger partial charge in [-0.25, -0.2) is 4.98 Å². The number of hydrogen-bond donors (Lipinski definition) is 1. The van der Waals surface area contributed by atoms with E-state index >= 15 is 0 Å². The lowest BCUT2D eigenvalue weighted by Crippen LogP contribution is -2.32. The number of carbonyl (C=O) groups is 1. The summed E-state index contributed by atoms with van der Waals surface area (Å²) in [5.74, 6) is 1.06. The number of carbonyl (C=O) groups excluding carboxylic acids is 1. The zero-order valence-corrected chi connectivity index (χ0v) is 12.0. The van der Waals surface area contributed by atoms with E-state index in [2.05, 4.69) is 10.3 Å². The van der Waals surface area contributed by atoms with Crippen LogP contribution in [0.4, 0.5) is 0 Å². The minimum atomic E-state index is 0.186. The van der Waals surface area contributed by atoms with Gasteiger partial charge >= 0.3 is 0 Å². The second kappa shape index (κ2) is 7.38. The van der Waals surface area contributed by atoms with E-state index in [1.807, 2.05) is 30.4 Å². The Labute approximate surface area is 113 Å². The van der Waals surface area contributed by atoms with Crippen LogP contribution in [0.25, 0.3) is 0 Å². The highest BCUT2D eigenvalue weighted by atomic mass is 35.5. The summed E-state index contributed by atoms with van der Waals surface area (Å²) >= 11 is 5.88. The molecule has 0 aliphatic heterocycles. The molecular formula is C12H21ClN4O. The predicted molar refractivity (Wildman–Crippen MR) is 72.5 cm³/mol. The maximum Gasteiger partial charge on any atom is 0.223 e. The molecule has 0 aliphatic carbocycles. The molecule has 0 spiro atoms. The Morgan fingerprint density at radius 3 is 2.67 bits per heavy atom. The molecule has 0 saturated carbocycles. The molecular weight excluding hydrogens is 252 g/mol. The number of nitrogens with zero attached hydrogens (tertiary/aromatic N) is 3. The van der Waals surface area contributed by atoms with E-state index in [1.54, 1.807) is 6.20 Å². The zero-order chi connectivity index (χ0) is 13.5. The maximum atomic E-state index is 11.7. The molecule has 1 heterocycles. The Morgan fingerprint density at radius 2 is 2.17 bits per heavy atom. The molecule has 0 unspecified atom stereocenters. The minimum absolute atomic E-state index is 0.186. The Balaban J connectivity index is 2.27. The van der Waals surface area contributed by atoms with E-state index < -0.39 is 0 Å². The molecule has 0 radical (unpaired) electrons. The first-order chi connectivity index (χ1) is 8.60. The fourth-order valence-corrected chi connectivity index (χ4v) is 1.86. The van der Waals surface area contributed by atoms with Gasteiger partial charge in [0.15, 0.2) is 0 Å². The largest absolute Gasteiger partial charge is 0.343 e. The summed E-state index contributed by atoms with van der Waals surface area (Å²) < 4.78 is 1.82. The average Bonchev–Trinajstić information content (AvgIpc) is 2.67. The Morgan fingerprint density at radius 1 is 1.50 bits per heavy atom. The van der Waals surface area contributed by atoms with Crippen LogP contribution < -0.4 is 5.32 Å². The second-order valence-corrected chi connectivity index (χ2v) is 4.44. The van der Waals surface area contributed by atoms with Crippen LogP contribution in [0, 0.1) is 0 Å². The average molecular weight is 273 g/mol. The second-order valence-electron chi connectivity index (χ2n) is 4.05. The normalized spacial score (nSPS) is 10.7. The molecule has 0 aliphatic rings. The third-order valence-corrected chi connectivity index (χ3v) is 3.29. The van der Waals surface area contributed by atoms with Crippen LogP contribution in [-0.2, 0) is 18.4 Å². The van der Waals surface area contributed by atoms with Gasteiger partial charge in [-0.1, -0.05) is 11.6 Å². The zero-order valence-electron chi connectivity index (χ0n) is 11.2. The van der Waals surface area contributed by atoms with Crippen molar-refractivity contribution in [2.45, 2.75) is 26.8 Å². The van der Waals surface area contributed by atoms with Gasteiger partial charge in [0, 0.05) is 33.1 Å². The summed E-state index contributed by atoms with van der Waals surface area (Å²) in [5.41, 5.74) is 0. The molecule has 18 heavy (non-hydrogen) atoms. The highest BCUT2D eigenvalue weighted by Gasteiger charge is 2.09. The molecule has 1 N–H and O–H groups in total. The van der Waals surface area contributed by atoms with Gasteiger partial charge < -0.3 is 14.8 Å². The molecule has 102 valence electrons. The first kappa shape index (κ1) is 15.0. The minimum Gasteiger partial charge on any atom is -0.343 e. The molecule has 1 rings (SSSR count). The summed E-state index contributed by atoms with van der Waals surface area (Å²) in [7, 11) is 1.87. The van der Waals surface area contributed by atoms with Crippen LogP contribution >= 0.6 is 11.6 Å². The fourth-order valence-electron chi connectivity index (χ4n) is 1.72. The lowest BCUT2D eigenvalue weighted by molar-refractivity contribution is -0.130. The van der Waals surface area contributed by atoms with E-state index in [1.165, 1.54) is 0 Å². The Bertz CT molecular complexity index is 387. The fraction of sp³-hybridized carbons (Fsp3) is 0.667. The number of nitrogens with one attached hydrogen (secondary N) is 1. The van der Waals surface area contributed by atoms with Gasteiger partial charge in [0.1, 0.15) is 11.0 Å². The number of amides is 1. The third-order valence-electron chi connectivity index (χ3n) is 2.94. The van der Waals surface area contributed by atoms with Crippen molar-refractivity contribution in [2.24, 2.45) is 7.05 Å². The summed E-state index contributed by atoms with van der Waals surface area (Å²) in [4.78, 5) is 17.7. The molecule has 1 aromatic rings. The van der Waals surface area contributed by atoms with Crippen molar-refractivity contribution >= 4 is 17.5 Å². The van der Waals surface area contributed by atoms with Gasteiger partial charge in [-0.2, -0.15) is 0 Å². The summed E-state index contributed by atoms with van der Waals surface area (Å²) in [5, 5.41) is 3.82. The molecule has 0 fully saturated rings. The van der Waals surface area contributed by atoms with Crippen LogP contribution in [0.2, 0.25) is 5.15 Å². The number of halogens is 1. The lowest BCUT2D eigenvalue weighted by atomic mass is 10.3. The van der Waals surface area contributed by atoms with Crippen molar-refractivity contribution in [3.05, 3.63) is 17.2 Å². The van der Waals surface area contributed by atoms with Gasteiger partial charge in [-0.05, 0) is 13.8 Å². The number of aromatic nitrogens is 2. The van der Waals surface area contributed by atoms with E-state index in [-0.39, 0.29) is 5.91 Å². The number of hydrogen-bond acceptors (Lipinski definition) is 3. The topological polar surface area (TPSA) is 50.2 Å². The summed E-state index contributed by atoms with van der Waals surface area (Å²) in [6.45, 7) is 6.79. The van der Waals surface area contributed by atoms with Gasteiger partial charge in [0.05, 0.1) is 12.7 Å². The summed E-state index contributed by atoms with van der Waals surface area (Å²) in [6.07, 6.45) is 2.14. The van der Waals surface area contributed by atoms with Crippen molar-refractivity contribution in [1.29, 1.82) is 0 Å². The number of rotatable bonds is 7. The van der Waals surface area contributed by atoms with Crippen LogP contribution in [0.5, 0.6) is 0 Å². The Kier molecular flexibility index (Phi) is 6.15. The number of imidazole rings is 1. The smallest absolute Gasteiger partial charge is 0.223 e. The van der Waals surface area contributed by atoms with Crippen molar-refractivity contribution < 1.29 is 4.79 Å². The van der Waals surface area contributed by atoms with Crippen LogP contribution in [-0.4, -0.2) is 40.0 Å². The highest BCUT2D eigenvalue weighted by molar-refractivity contribution is 6.29. The van der Waals surface area contributed by atoms with E-state index in [9.17, 15) is 4.79 Å². The van der Waals surface area contributed by atoms with Crippen molar-refractivity contribution in [1.82, 2.24) is 19.8 Å². The molecule has 0 atom stereocenters. The van der Waals surface area contributed by atoms with Crippen molar-refractivity contribution in [2.75, 3.05) is 19.6 Å². The first-order valence-corrected chi connectivity index (χ1v) is 6.62. The van der Waals surface area contributed by atoms with Gasteiger partial charge in [0.25, 0.3) is 0 Å². The predicted octanol–water partition coefficient (Wildman–Crippen LogP) is 1.42. The quantitative estimate of drug-likeness (QED) is 0.764. The van der Waals surface area contributed by atoms with E-state index in [4.69, 9.17) is 11.6 Å². The maximum absolute atomic E-state index is 11.7. The lowest BCUT2D eigenvalue weighted by Gasteiger charge is -2.18. The molecule has 1 aromatic heterocycles. The molecule has 0 saturated heterocycles. The first-order valence-electron chi connectivity index (χ1n) is 6.24. The molecule has 6 heteroatoms. The molecule has 1 amide bonds. The van der Waals surface area contributed by atoms with Crippen LogP contribution in [0.1, 0.15) is 26.1 Å². The molecule has 0 aromatic carbocycles. The van der Waals surface area contributed by atoms with Gasteiger partial charge in [-0.15, -0.1) is 0 Å². The standard InChI is InChI=1S/C12H21ClN4O/c1-4-17(5-2)12(18)6-7-14-9-11-15-8-10(13)16(11)3/h8,14H,4-7,9H2,1-3H3. The summed E-state index contributed by atoms with van der Waals surface area (Å²) in [6, 6.07) is 0. The Hall–Kier alpha value is -1.07.